The molecule has 0 bridgehead atoms. The van der Waals surface area contributed by atoms with Crippen molar-refractivity contribution in [2.24, 2.45) is 5.73 Å². The van der Waals surface area contributed by atoms with Crippen LogP contribution in [0.4, 0.5) is 0 Å². The van der Waals surface area contributed by atoms with Crippen LogP contribution in [0.15, 0.2) is 77.0 Å². The summed E-state index contributed by atoms with van der Waals surface area (Å²) < 4.78 is 39.4. The highest BCUT2D eigenvalue weighted by molar-refractivity contribution is 7.90. The number of hydrogen-bond acceptors (Lipinski definition) is 8. The lowest BCUT2D eigenvalue weighted by molar-refractivity contribution is 0.0318. The first-order valence-corrected chi connectivity index (χ1v) is 14.9. The fraction of sp³-hybridized carbons (Fsp3) is 0.241. The SMILES string of the molecule is COc1cc(C(=O)NS(=O)(=O)c2ccccc2)ccc1C(N)c1csc2ccc(C(=O)OC3CCCC3)cc12. The first-order valence-electron chi connectivity index (χ1n) is 12.5. The maximum Gasteiger partial charge on any atom is 0.338 e. The van der Waals surface area contributed by atoms with E-state index in [1.54, 1.807) is 36.4 Å². The molecule has 1 aliphatic rings. The van der Waals surface area contributed by atoms with Crippen molar-refractivity contribution >= 4 is 43.3 Å². The van der Waals surface area contributed by atoms with Gasteiger partial charge in [0.1, 0.15) is 11.9 Å². The Kier molecular flexibility index (Phi) is 7.69. The molecular formula is C29H28N2O6S2. The van der Waals surface area contributed by atoms with E-state index in [1.165, 1.54) is 42.7 Å². The molecule has 1 saturated carbocycles. The summed E-state index contributed by atoms with van der Waals surface area (Å²) >= 11 is 1.51. The second-order valence-corrected chi connectivity index (χ2v) is 12.0. The molecule has 0 spiro atoms. The highest BCUT2D eigenvalue weighted by Crippen LogP contribution is 2.37. The van der Waals surface area contributed by atoms with Gasteiger partial charge in [-0.3, -0.25) is 4.79 Å². The van der Waals surface area contributed by atoms with Gasteiger partial charge in [-0.05, 0) is 84.5 Å². The number of sulfonamides is 1. The number of ether oxygens (including phenoxy) is 2. The van der Waals surface area contributed by atoms with Gasteiger partial charge in [-0.2, -0.15) is 0 Å². The summed E-state index contributed by atoms with van der Waals surface area (Å²) in [5.74, 6) is -0.792. The van der Waals surface area contributed by atoms with Gasteiger partial charge >= 0.3 is 5.97 Å². The Bertz CT molecular complexity index is 1630. The zero-order valence-electron chi connectivity index (χ0n) is 21.3. The van der Waals surface area contributed by atoms with Gasteiger partial charge in [-0.25, -0.2) is 17.9 Å². The Morgan fingerprint density at radius 1 is 0.974 bits per heavy atom. The van der Waals surface area contributed by atoms with Crippen molar-refractivity contribution in [3.8, 4) is 5.75 Å². The number of benzene rings is 3. The van der Waals surface area contributed by atoms with Crippen molar-refractivity contribution in [1.82, 2.24) is 4.72 Å². The smallest absolute Gasteiger partial charge is 0.338 e. The molecule has 1 fully saturated rings. The van der Waals surface area contributed by atoms with Gasteiger partial charge in [-0.15, -0.1) is 11.3 Å². The Hall–Kier alpha value is -3.73. The zero-order valence-corrected chi connectivity index (χ0v) is 22.9. The number of carbonyl (C=O) groups excluding carboxylic acids is 2. The van der Waals surface area contributed by atoms with Crippen LogP contribution in [0.3, 0.4) is 0 Å². The average Bonchev–Trinajstić information content (AvgIpc) is 3.62. The number of nitrogens with two attached hydrogens (primary N) is 1. The third kappa shape index (κ3) is 5.68. The first-order chi connectivity index (χ1) is 18.8. The molecule has 1 amide bonds. The van der Waals surface area contributed by atoms with Crippen LogP contribution >= 0.6 is 11.3 Å². The summed E-state index contributed by atoms with van der Waals surface area (Å²) in [6.07, 6.45) is 3.92. The zero-order chi connectivity index (χ0) is 27.6. The number of rotatable bonds is 8. The van der Waals surface area contributed by atoms with E-state index in [2.05, 4.69) is 4.72 Å². The number of fused-ring (bicyclic) bond motifs is 1. The van der Waals surface area contributed by atoms with E-state index in [0.717, 1.165) is 41.3 Å². The fourth-order valence-corrected chi connectivity index (χ4v) is 6.73. The Morgan fingerprint density at radius 3 is 2.41 bits per heavy atom. The van der Waals surface area contributed by atoms with Crippen molar-refractivity contribution in [3.63, 3.8) is 0 Å². The van der Waals surface area contributed by atoms with Crippen molar-refractivity contribution in [2.45, 2.75) is 42.7 Å². The van der Waals surface area contributed by atoms with Crippen LogP contribution < -0.4 is 15.2 Å². The van der Waals surface area contributed by atoms with Crippen LogP contribution in [0.1, 0.15) is 63.6 Å². The number of methoxy groups -OCH3 is 1. The molecule has 0 radical (unpaired) electrons. The second kappa shape index (κ2) is 11.2. The van der Waals surface area contributed by atoms with Gasteiger partial charge in [0.15, 0.2) is 0 Å². The van der Waals surface area contributed by atoms with Crippen LogP contribution in [0.5, 0.6) is 5.75 Å². The number of thiophene rings is 1. The number of hydrogen-bond donors (Lipinski definition) is 2. The van der Waals surface area contributed by atoms with Gasteiger partial charge < -0.3 is 15.2 Å². The van der Waals surface area contributed by atoms with E-state index >= 15 is 0 Å². The molecule has 202 valence electrons. The normalized spacial score (nSPS) is 14.7. The lowest BCUT2D eigenvalue weighted by Gasteiger charge is -2.17. The molecule has 39 heavy (non-hydrogen) atoms. The molecule has 8 nitrogen and oxygen atoms in total. The first kappa shape index (κ1) is 26.9. The quantitative estimate of drug-likeness (QED) is 0.283. The Morgan fingerprint density at radius 2 is 1.69 bits per heavy atom. The van der Waals surface area contributed by atoms with Gasteiger partial charge in [0.25, 0.3) is 15.9 Å². The largest absolute Gasteiger partial charge is 0.496 e. The lowest BCUT2D eigenvalue weighted by atomic mass is 9.96. The molecule has 0 aliphatic heterocycles. The Labute approximate surface area is 230 Å². The van der Waals surface area contributed by atoms with Gasteiger partial charge in [0, 0.05) is 15.8 Å². The highest BCUT2D eigenvalue weighted by Gasteiger charge is 2.24. The molecule has 1 atom stereocenters. The van der Waals surface area contributed by atoms with Crippen molar-refractivity contribution in [2.75, 3.05) is 7.11 Å². The van der Waals surface area contributed by atoms with Crippen LogP contribution in [-0.2, 0) is 14.8 Å². The average molecular weight is 565 g/mol. The van der Waals surface area contributed by atoms with E-state index in [1.807, 2.05) is 11.4 Å². The van der Waals surface area contributed by atoms with E-state index < -0.39 is 22.0 Å². The fourth-order valence-electron chi connectivity index (χ4n) is 4.76. The number of nitrogens with one attached hydrogen (secondary N) is 1. The minimum absolute atomic E-state index is 0.0141. The summed E-state index contributed by atoms with van der Waals surface area (Å²) in [4.78, 5) is 25.5. The molecule has 1 unspecified atom stereocenters. The van der Waals surface area contributed by atoms with Crippen LogP contribution in [0.2, 0.25) is 0 Å². The molecule has 3 N–H and O–H groups in total. The maximum absolute atomic E-state index is 12.8. The maximum atomic E-state index is 12.8. The van der Waals surface area contributed by atoms with Crippen LogP contribution in [0, 0.1) is 0 Å². The summed E-state index contributed by atoms with van der Waals surface area (Å²) in [6, 6.07) is 17.1. The van der Waals surface area contributed by atoms with Gasteiger partial charge in [0.2, 0.25) is 0 Å². The highest BCUT2D eigenvalue weighted by atomic mass is 32.2. The molecule has 10 heteroatoms. The standard InChI is InChI=1S/C29H28N2O6S2/c1-36-25-16-18(28(32)31-39(34,35)21-9-3-2-4-10-21)11-13-22(25)27(30)24-17-38-26-14-12-19(15-23(24)26)29(33)37-20-7-5-6-8-20/h2-4,9-17,20,27H,5-8,30H2,1H3,(H,31,32). The molecular weight excluding hydrogens is 536 g/mol. The van der Waals surface area contributed by atoms with E-state index in [-0.39, 0.29) is 22.5 Å². The van der Waals surface area contributed by atoms with Crippen LogP contribution in [-0.4, -0.2) is 33.5 Å². The number of amides is 1. The summed E-state index contributed by atoms with van der Waals surface area (Å²) in [5.41, 5.74) is 8.67. The van der Waals surface area contributed by atoms with E-state index in [4.69, 9.17) is 15.2 Å². The summed E-state index contributed by atoms with van der Waals surface area (Å²) in [5, 5.41) is 2.78. The molecule has 0 saturated heterocycles. The van der Waals surface area contributed by atoms with Crippen LogP contribution in [0.25, 0.3) is 10.1 Å². The minimum Gasteiger partial charge on any atom is -0.496 e. The predicted octanol–water partition coefficient (Wildman–Crippen LogP) is 5.18. The molecule has 3 aromatic carbocycles. The second-order valence-electron chi connectivity index (χ2n) is 9.40. The molecule has 4 aromatic rings. The number of esters is 1. The van der Waals surface area contributed by atoms with Gasteiger partial charge in [-0.1, -0.05) is 24.3 Å². The lowest BCUT2D eigenvalue weighted by Crippen LogP contribution is -2.30. The topological polar surface area (TPSA) is 125 Å². The van der Waals surface area contributed by atoms with E-state index in [9.17, 15) is 18.0 Å². The number of carbonyl (C=O) groups is 2. The third-order valence-electron chi connectivity index (χ3n) is 6.86. The van der Waals surface area contributed by atoms with Gasteiger partial charge in [0.05, 0.1) is 23.6 Å². The van der Waals surface area contributed by atoms with Crippen molar-refractivity contribution < 1.29 is 27.5 Å². The molecule has 1 aliphatic carbocycles. The summed E-state index contributed by atoms with van der Waals surface area (Å²) in [7, 11) is -2.58. The third-order valence-corrected chi connectivity index (χ3v) is 9.19. The van der Waals surface area contributed by atoms with Crippen molar-refractivity contribution in [1.29, 1.82) is 0 Å². The Balaban J connectivity index is 1.39. The van der Waals surface area contributed by atoms with E-state index in [0.29, 0.717) is 16.9 Å². The monoisotopic (exact) mass is 564 g/mol. The summed E-state index contributed by atoms with van der Waals surface area (Å²) in [6.45, 7) is 0. The molecule has 1 aromatic heterocycles. The molecule has 1 heterocycles. The predicted molar refractivity (Wildman–Crippen MR) is 150 cm³/mol. The minimum atomic E-state index is -4.03. The molecule has 5 rings (SSSR count). The van der Waals surface area contributed by atoms with Crippen molar-refractivity contribution in [3.05, 3.63) is 94.4 Å².